The smallest absolute Gasteiger partial charge is 0.261 e. The van der Waals surface area contributed by atoms with Crippen LogP contribution in [0.1, 0.15) is 75.8 Å². The number of sulfonamides is 1. The second kappa shape index (κ2) is 9.26. The maximum absolute atomic E-state index is 12.9. The Morgan fingerprint density at radius 1 is 0.969 bits per heavy atom. The topological polar surface area (TPSA) is 75.3 Å². The first-order chi connectivity index (χ1) is 15.3. The molecule has 4 rings (SSSR count). The summed E-state index contributed by atoms with van der Waals surface area (Å²) in [5.74, 6) is 1.02. The molecule has 32 heavy (non-hydrogen) atoms. The Kier molecular flexibility index (Phi) is 6.61. The molecule has 2 saturated carbocycles. The molecule has 0 unspecified atom stereocenters. The van der Waals surface area contributed by atoms with Crippen LogP contribution in [-0.2, 0) is 20.2 Å². The zero-order valence-corrected chi connectivity index (χ0v) is 19.9. The summed E-state index contributed by atoms with van der Waals surface area (Å²) >= 11 is 0. The highest BCUT2D eigenvalue weighted by molar-refractivity contribution is 7.92. The summed E-state index contributed by atoms with van der Waals surface area (Å²) in [6.45, 7) is 4.81. The van der Waals surface area contributed by atoms with E-state index in [1.807, 2.05) is 24.3 Å². The van der Waals surface area contributed by atoms with Crippen LogP contribution in [0.2, 0.25) is 0 Å². The van der Waals surface area contributed by atoms with Crippen molar-refractivity contribution in [3.63, 3.8) is 0 Å². The van der Waals surface area contributed by atoms with E-state index in [-0.39, 0.29) is 10.8 Å². The van der Waals surface area contributed by atoms with Crippen molar-refractivity contribution in [2.45, 2.75) is 75.0 Å². The molecule has 0 aromatic heterocycles. The standard InChI is InChI=1S/C26H34N2O3S/c1-19(2)18-27-25(29)26(16-17-26)22-10-12-23(13-11-22)28-32(30,31)24-14-8-21(9-15-24)20-6-4-3-5-7-20/h8-15,19-20,28H,3-7,16-18H2,1-2H3,(H,27,29). The van der Waals surface area contributed by atoms with Gasteiger partial charge in [-0.25, -0.2) is 8.42 Å². The maximum atomic E-state index is 12.9. The van der Waals surface area contributed by atoms with Crippen LogP contribution >= 0.6 is 0 Å². The summed E-state index contributed by atoms with van der Waals surface area (Å²) in [7, 11) is -3.66. The van der Waals surface area contributed by atoms with Crippen molar-refractivity contribution >= 4 is 21.6 Å². The van der Waals surface area contributed by atoms with Gasteiger partial charge in [-0.05, 0) is 72.9 Å². The SMILES string of the molecule is CC(C)CNC(=O)C1(c2ccc(NS(=O)(=O)c3ccc(C4CCCCC4)cc3)cc2)CC1. The van der Waals surface area contributed by atoms with Gasteiger partial charge in [-0.3, -0.25) is 9.52 Å². The van der Waals surface area contributed by atoms with Gasteiger partial charge in [-0.1, -0.05) is 57.4 Å². The molecule has 1 amide bonds. The number of nitrogens with one attached hydrogen (secondary N) is 2. The van der Waals surface area contributed by atoms with E-state index >= 15 is 0 Å². The number of anilines is 1. The average Bonchev–Trinajstić information content (AvgIpc) is 3.60. The highest BCUT2D eigenvalue weighted by atomic mass is 32.2. The normalized spacial score (nSPS) is 18.3. The van der Waals surface area contributed by atoms with Crippen LogP contribution in [0, 0.1) is 5.92 Å². The van der Waals surface area contributed by atoms with Gasteiger partial charge in [-0.15, -0.1) is 0 Å². The van der Waals surface area contributed by atoms with Crippen LogP contribution in [0.25, 0.3) is 0 Å². The molecule has 0 spiro atoms. The minimum atomic E-state index is -3.66. The summed E-state index contributed by atoms with van der Waals surface area (Å²) in [4.78, 5) is 12.9. The second-order valence-corrected chi connectivity index (χ2v) is 11.5. The number of carbonyl (C=O) groups excluding carboxylic acids is 1. The zero-order valence-electron chi connectivity index (χ0n) is 19.1. The number of amides is 1. The lowest BCUT2D eigenvalue weighted by Gasteiger charge is -2.22. The largest absolute Gasteiger partial charge is 0.355 e. The van der Waals surface area contributed by atoms with Crippen molar-refractivity contribution in [3.05, 3.63) is 59.7 Å². The molecule has 0 saturated heterocycles. The van der Waals surface area contributed by atoms with Crippen molar-refractivity contribution in [2.24, 2.45) is 5.92 Å². The van der Waals surface area contributed by atoms with Gasteiger partial charge in [-0.2, -0.15) is 0 Å². The molecule has 2 aliphatic carbocycles. The van der Waals surface area contributed by atoms with Crippen LogP contribution < -0.4 is 10.0 Å². The van der Waals surface area contributed by atoms with E-state index in [1.54, 1.807) is 24.3 Å². The summed E-state index contributed by atoms with van der Waals surface area (Å²) in [5.41, 5.74) is 2.22. The molecule has 2 N–H and O–H groups in total. The Hall–Kier alpha value is -2.34. The van der Waals surface area contributed by atoms with Gasteiger partial charge < -0.3 is 5.32 Å². The zero-order chi connectivity index (χ0) is 22.8. The second-order valence-electron chi connectivity index (χ2n) is 9.77. The average molecular weight is 455 g/mol. The van der Waals surface area contributed by atoms with Gasteiger partial charge in [0.2, 0.25) is 5.91 Å². The summed E-state index contributed by atoms with van der Waals surface area (Å²) in [6, 6.07) is 14.6. The van der Waals surface area contributed by atoms with Crippen molar-refractivity contribution in [2.75, 3.05) is 11.3 Å². The third-order valence-electron chi connectivity index (χ3n) is 6.81. The van der Waals surface area contributed by atoms with Crippen LogP contribution in [0.5, 0.6) is 0 Å². The Morgan fingerprint density at radius 2 is 1.59 bits per heavy atom. The molecular weight excluding hydrogens is 420 g/mol. The predicted octanol–water partition coefficient (Wildman–Crippen LogP) is 5.34. The Labute approximate surface area is 192 Å². The molecule has 2 aromatic rings. The first-order valence-corrected chi connectivity index (χ1v) is 13.3. The van der Waals surface area contributed by atoms with Gasteiger partial charge in [0.25, 0.3) is 10.0 Å². The highest BCUT2D eigenvalue weighted by Gasteiger charge is 2.51. The van der Waals surface area contributed by atoms with Gasteiger partial charge in [0.05, 0.1) is 10.3 Å². The molecule has 6 heteroatoms. The Morgan fingerprint density at radius 3 is 2.16 bits per heavy atom. The van der Waals surface area contributed by atoms with Gasteiger partial charge in [0.15, 0.2) is 0 Å². The van der Waals surface area contributed by atoms with Crippen molar-refractivity contribution < 1.29 is 13.2 Å². The molecule has 2 aromatic carbocycles. The lowest BCUT2D eigenvalue weighted by Crippen LogP contribution is -2.36. The molecule has 2 aliphatic rings. The number of carbonyl (C=O) groups is 1. The third kappa shape index (κ3) is 5.01. The van der Waals surface area contributed by atoms with Crippen molar-refractivity contribution in [1.29, 1.82) is 0 Å². The lowest BCUT2D eigenvalue weighted by atomic mass is 9.84. The molecule has 0 radical (unpaired) electrons. The van der Waals surface area contributed by atoms with E-state index in [9.17, 15) is 13.2 Å². The fraction of sp³-hybridized carbons (Fsp3) is 0.500. The summed E-state index contributed by atoms with van der Waals surface area (Å²) in [6.07, 6.45) is 7.84. The number of hydrogen-bond acceptors (Lipinski definition) is 3. The molecule has 0 atom stereocenters. The highest BCUT2D eigenvalue weighted by Crippen LogP contribution is 2.48. The van der Waals surface area contributed by atoms with Crippen LogP contribution in [-0.4, -0.2) is 20.9 Å². The van der Waals surface area contributed by atoms with E-state index in [1.165, 1.54) is 37.7 Å². The fourth-order valence-corrected chi connectivity index (χ4v) is 5.72. The van der Waals surface area contributed by atoms with Gasteiger partial charge in [0.1, 0.15) is 0 Å². The van der Waals surface area contributed by atoms with Crippen molar-refractivity contribution in [3.8, 4) is 0 Å². The molecule has 5 nitrogen and oxygen atoms in total. The molecule has 2 fully saturated rings. The quantitative estimate of drug-likeness (QED) is 0.565. The molecular formula is C26H34N2O3S. The number of hydrogen-bond donors (Lipinski definition) is 2. The minimum Gasteiger partial charge on any atom is -0.355 e. The van der Waals surface area contributed by atoms with E-state index in [0.29, 0.717) is 24.1 Å². The molecule has 0 aliphatic heterocycles. The predicted molar refractivity (Wildman–Crippen MR) is 128 cm³/mol. The van der Waals surface area contributed by atoms with E-state index in [0.717, 1.165) is 18.4 Å². The van der Waals surface area contributed by atoms with E-state index < -0.39 is 15.4 Å². The van der Waals surface area contributed by atoms with Crippen LogP contribution in [0.3, 0.4) is 0 Å². The molecule has 0 heterocycles. The fourth-order valence-electron chi connectivity index (χ4n) is 4.66. The van der Waals surface area contributed by atoms with Crippen LogP contribution in [0.4, 0.5) is 5.69 Å². The Balaban J connectivity index is 1.42. The first-order valence-electron chi connectivity index (χ1n) is 11.8. The maximum Gasteiger partial charge on any atom is 0.261 e. The van der Waals surface area contributed by atoms with Gasteiger partial charge in [0, 0.05) is 12.2 Å². The molecule has 0 bridgehead atoms. The minimum absolute atomic E-state index is 0.0672. The third-order valence-corrected chi connectivity index (χ3v) is 8.21. The monoisotopic (exact) mass is 454 g/mol. The lowest BCUT2D eigenvalue weighted by molar-refractivity contribution is -0.123. The van der Waals surface area contributed by atoms with Crippen molar-refractivity contribution in [1.82, 2.24) is 5.32 Å². The van der Waals surface area contributed by atoms with E-state index in [4.69, 9.17) is 0 Å². The summed E-state index contributed by atoms with van der Waals surface area (Å²) < 4.78 is 28.4. The Bertz CT molecular complexity index is 1030. The summed E-state index contributed by atoms with van der Waals surface area (Å²) in [5, 5.41) is 3.04. The van der Waals surface area contributed by atoms with E-state index in [2.05, 4.69) is 23.9 Å². The van der Waals surface area contributed by atoms with Gasteiger partial charge >= 0.3 is 0 Å². The number of benzene rings is 2. The van der Waals surface area contributed by atoms with Crippen LogP contribution in [0.15, 0.2) is 53.4 Å². The molecule has 172 valence electrons. The first kappa shape index (κ1) is 22.8. The number of rotatable bonds is 8.